The minimum atomic E-state index is -0.919. The molecule has 1 aliphatic carbocycles. The van der Waals surface area contributed by atoms with Gasteiger partial charge in [-0.05, 0) is 47.4 Å². The molecule has 0 saturated heterocycles. The van der Waals surface area contributed by atoms with E-state index in [0.29, 0.717) is 49.5 Å². The smallest absolute Gasteiger partial charge is 0.167 e. The molecule has 1 aliphatic rings. The summed E-state index contributed by atoms with van der Waals surface area (Å²) >= 11 is 0. The lowest BCUT2D eigenvalue weighted by molar-refractivity contribution is -0.270. The van der Waals surface area contributed by atoms with E-state index in [4.69, 9.17) is 18.9 Å². The van der Waals surface area contributed by atoms with E-state index in [9.17, 15) is 5.11 Å². The molecule has 1 N–H and O–H groups in total. The van der Waals surface area contributed by atoms with E-state index >= 15 is 0 Å². The zero-order chi connectivity index (χ0) is 29.0. The Morgan fingerprint density at radius 2 is 1.05 bits per heavy atom. The predicted molar refractivity (Wildman–Crippen MR) is 169 cm³/mol. The fourth-order valence-electron chi connectivity index (χ4n) is 5.66. The molecule has 0 heterocycles. The number of aliphatic hydroxyl groups excluding tert-OH is 1. The van der Waals surface area contributed by atoms with Gasteiger partial charge in [-0.25, -0.2) is 0 Å². The maximum Gasteiger partial charge on any atom is 0.167 e. The van der Waals surface area contributed by atoms with Gasteiger partial charge in [-0.15, -0.1) is 0 Å². The molecule has 42 heavy (non-hydrogen) atoms. The summed E-state index contributed by atoms with van der Waals surface area (Å²) in [5.74, 6) is 0.0851. The Bertz CT molecular complexity index is 1260. The minimum absolute atomic E-state index is 0.0851. The molecule has 0 radical (unpaired) electrons. The SMILES string of the molecule is OC1CCC(C(OCc2ccccc2)C([SiH3])(OCc2ccccc2)OCc2ccccc2)CC1OCc1ccccc1. The van der Waals surface area contributed by atoms with Crippen molar-refractivity contribution in [3.63, 3.8) is 0 Å². The molecular weight excluding hydrogens is 540 g/mol. The zero-order valence-corrected chi connectivity index (χ0v) is 26.4. The van der Waals surface area contributed by atoms with Crippen LogP contribution in [-0.2, 0) is 45.4 Å². The molecule has 0 amide bonds. The number of benzene rings is 4. The quantitative estimate of drug-likeness (QED) is 0.151. The molecule has 5 nitrogen and oxygen atoms in total. The Labute approximate surface area is 252 Å². The molecule has 0 spiro atoms. The van der Waals surface area contributed by atoms with Crippen LogP contribution in [0.25, 0.3) is 0 Å². The maximum absolute atomic E-state index is 10.9. The molecular formula is C36H42O5Si. The Hall–Kier alpha value is -3.10. The van der Waals surface area contributed by atoms with Crippen molar-refractivity contribution in [1.29, 1.82) is 0 Å². The van der Waals surface area contributed by atoms with Gasteiger partial charge in [0.25, 0.3) is 0 Å². The second-order valence-electron chi connectivity index (χ2n) is 11.3. The first-order chi connectivity index (χ1) is 20.6. The Kier molecular flexibility index (Phi) is 11.1. The standard InChI is InChI=1S/C36H42O5Si/c37-33-22-21-32(23-34(33)38-24-28-13-5-1-6-14-28)35(39-25-29-15-7-2-8-16-29)36(42,40-26-30-17-9-3-10-18-30)41-27-31-19-11-4-12-20-31/h1-20,32-35,37H,21-27H2,42H3. The molecule has 5 rings (SSSR count). The lowest BCUT2D eigenvalue weighted by Crippen LogP contribution is -2.55. The molecule has 0 aromatic heterocycles. The highest BCUT2D eigenvalue weighted by atomic mass is 28.1. The van der Waals surface area contributed by atoms with Crippen LogP contribution >= 0.6 is 0 Å². The van der Waals surface area contributed by atoms with Crippen LogP contribution in [0, 0.1) is 5.92 Å². The van der Waals surface area contributed by atoms with Crippen LogP contribution in [0.1, 0.15) is 41.5 Å². The Morgan fingerprint density at radius 1 is 0.619 bits per heavy atom. The third-order valence-electron chi connectivity index (χ3n) is 8.06. The highest BCUT2D eigenvalue weighted by Gasteiger charge is 2.45. The fraction of sp³-hybridized carbons (Fsp3) is 0.333. The molecule has 4 aromatic rings. The summed E-state index contributed by atoms with van der Waals surface area (Å²) in [6, 6.07) is 40.8. The molecule has 1 fully saturated rings. The van der Waals surface area contributed by atoms with Crippen molar-refractivity contribution in [1.82, 2.24) is 0 Å². The van der Waals surface area contributed by atoms with Crippen LogP contribution < -0.4 is 0 Å². The van der Waals surface area contributed by atoms with Gasteiger partial charge >= 0.3 is 0 Å². The van der Waals surface area contributed by atoms with E-state index in [1.165, 1.54) is 0 Å². The van der Waals surface area contributed by atoms with Gasteiger partial charge in [0.2, 0.25) is 0 Å². The third kappa shape index (κ3) is 8.71. The summed E-state index contributed by atoms with van der Waals surface area (Å²) in [6.07, 6.45) is 0.969. The largest absolute Gasteiger partial charge is 0.390 e. The second kappa shape index (κ2) is 15.4. The number of rotatable bonds is 14. The average Bonchev–Trinajstić information content (AvgIpc) is 3.05. The van der Waals surface area contributed by atoms with Crippen molar-refractivity contribution in [2.24, 2.45) is 5.92 Å². The topological polar surface area (TPSA) is 57.2 Å². The highest BCUT2D eigenvalue weighted by molar-refractivity contribution is 6.14. The molecule has 0 aliphatic heterocycles. The van der Waals surface area contributed by atoms with Crippen molar-refractivity contribution in [3.8, 4) is 0 Å². The van der Waals surface area contributed by atoms with Crippen molar-refractivity contribution in [2.45, 2.75) is 69.4 Å². The first-order valence-corrected chi connectivity index (χ1v) is 15.9. The van der Waals surface area contributed by atoms with Gasteiger partial charge in [0.05, 0.1) is 48.9 Å². The molecule has 4 atom stereocenters. The Balaban J connectivity index is 1.39. The van der Waals surface area contributed by atoms with E-state index in [1.54, 1.807) is 0 Å². The monoisotopic (exact) mass is 582 g/mol. The van der Waals surface area contributed by atoms with Crippen molar-refractivity contribution >= 4 is 10.2 Å². The highest BCUT2D eigenvalue weighted by Crippen LogP contribution is 2.37. The molecule has 0 bridgehead atoms. The normalized spacial score (nSPS) is 19.9. The maximum atomic E-state index is 10.9. The van der Waals surface area contributed by atoms with E-state index in [0.717, 1.165) is 28.7 Å². The second-order valence-corrected chi connectivity index (χ2v) is 12.7. The van der Waals surface area contributed by atoms with Gasteiger partial charge < -0.3 is 24.1 Å². The predicted octanol–water partition coefficient (Wildman–Crippen LogP) is 5.77. The van der Waals surface area contributed by atoms with Gasteiger partial charge in [0.1, 0.15) is 6.10 Å². The molecule has 4 aromatic carbocycles. The van der Waals surface area contributed by atoms with Gasteiger partial charge in [-0.1, -0.05) is 121 Å². The first kappa shape index (κ1) is 30.4. The Morgan fingerprint density at radius 3 is 1.52 bits per heavy atom. The molecule has 4 unspecified atom stereocenters. The van der Waals surface area contributed by atoms with E-state index in [1.807, 2.05) is 72.8 Å². The molecule has 220 valence electrons. The zero-order valence-electron chi connectivity index (χ0n) is 24.4. The first-order valence-electron chi connectivity index (χ1n) is 14.9. The van der Waals surface area contributed by atoms with Gasteiger partial charge in [-0.3, -0.25) is 0 Å². The lowest BCUT2D eigenvalue weighted by Gasteiger charge is -2.45. The van der Waals surface area contributed by atoms with Gasteiger partial charge in [-0.2, -0.15) is 0 Å². The van der Waals surface area contributed by atoms with Crippen molar-refractivity contribution in [2.75, 3.05) is 0 Å². The summed E-state index contributed by atoms with van der Waals surface area (Å²) in [4.78, 5) is 0. The lowest BCUT2D eigenvalue weighted by atomic mass is 9.81. The fourth-order valence-corrected chi connectivity index (χ4v) is 6.59. The third-order valence-corrected chi connectivity index (χ3v) is 9.20. The van der Waals surface area contributed by atoms with Gasteiger partial charge in [0, 0.05) is 0 Å². The van der Waals surface area contributed by atoms with Crippen LogP contribution in [0.2, 0.25) is 0 Å². The number of aliphatic hydroxyl groups is 1. The summed E-state index contributed by atoms with van der Waals surface area (Å²) < 4.78 is 26.6. The summed E-state index contributed by atoms with van der Waals surface area (Å²) in [6.45, 7) is 1.76. The summed E-state index contributed by atoms with van der Waals surface area (Å²) in [5.41, 5.74) is 3.46. The van der Waals surface area contributed by atoms with Crippen LogP contribution in [0.5, 0.6) is 0 Å². The molecule has 1 saturated carbocycles. The van der Waals surface area contributed by atoms with E-state index < -0.39 is 11.5 Å². The summed E-state index contributed by atoms with van der Waals surface area (Å²) in [5, 5.41) is 10.9. The van der Waals surface area contributed by atoms with Crippen molar-refractivity contribution < 1.29 is 24.1 Å². The summed E-state index contributed by atoms with van der Waals surface area (Å²) in [7, 11) is 0.581. The number of hydrogen-bond acceptors (Lipinski definition) is 5. The van der Waals surface area contributed by atoms with Crippen LogP contribution in [0.15, 0.2) is 121 Å². The van der Waals surface area contributed by atoms with Crippen LogP contribution in [0.4, 0.5) is 0 Å². The van der Waals surface area contributed by atoms with Crippen LogP contribution in [-0.4, -0.2) is 39.1 Å². The van der Waals surface area contributed by atoms with E-state index in [-0.39, 0.29) is 18.1 Å². The number of ether oxygens (including phenoxy) is 4. The van der Waals surface area contributed by atoms with E-state index in [2.05, 4.69) is 48.5 Å². The van der Waals surface area contributed by atoms with Gasteiger partial charge in [0.15, 0.2) is 5.41 Å². The number of hydrogen-bond donors (Lipinski definition) is 1. The van der Waals surface area contributed by atoms with Crippen LogP contribution in [0.3, 0.4) is 0 Å². The molecule has 6 heteroatoms. The van der Waals surface area contributed by atoms with Crippen molar-refractivity contribution in [3.05, 3.63) is 144 Å². The minimum Gasteiger partial charge on any atom is -0.390 e. The average molecular weight is 583 g/mol.